The molecule has 0 amide bonds. The minimum absolute atomic E-state index is 0.402. The second-order valence-corrected chi connectivity index (χ2v) is 6.65. The lowest BCUT2D eigenvalue weighted by Crippen LogP contribution is -2.19. The summed E-state index contributed by atoms with van der Waals surface area (Å²) in [5.74, 6) is -1.55. The maximum Gasteiger partial charge on any atom is 0.304 e. The van der Waals surface area contributed by atoms with Gasteiger partial charge in [0.15, 0.2) is 0 Å². The molecule has 0 aliphatic carbocycles. The summed E-state index contributed by atoms with van der Waals surface area (Å²) in [5.41, 5.74) is 1.54. The van der Waals surface area contributed by atoms with E-state index in [2.05, 4.69) is 9.62 Å². The van der Waals surface area contributed by atoms with Gasteiger partial charge in [0.05, 0.1) is 12.2 Å². The van der Waals surface area contributed by atoms with Crippen LogP contribution < -0.4 is 9.62 Å². The van der Waals surface area contributed by atoms with Crippen LogP contribution in [0.5, 0.6) is 0 Å². The van der Waals surface area contributed by atoms with E-state index in [0.717, 1.165) is 18.8 Å². The van der Waals surface area contributed by atoms with Gasteiger partial charge in [0.2, 0.25) is 10.0 Å². The zero-order valence-corrected chi connectivity index (χ0v) is 11.9. The second-order valence-electron chi connectivity index (χ2n) is 4.81. The number of hydrogen-bond acceptors (Lipinski definition) is 4. The number of anilines is 2. The maximum atomic E-state index is 11.7. The molecule has 0 bridgehead atoms. The molecule has 0 aromatic heterocycles. The van der Waals surface area contributed by atoms with E-state index in [0.29, 0.717) is 5.69 Å². The number of aliphatic carboxylic acids is 1. The van der Waals surface area contributed by atoms with Crippen molar-refractivity contribution >= 4 is 27.4 Å². The van der Waals surface area contributed by atoms with Gasteiger partial charge in [0.1, 0.15) is 0 Å². The molecule has 0 atom stereocenters. The van der Waals surface area contributed by atoms with Crippen LogP contribution in [0.2, 0.25) is 0 Å². The van der Waals surface area contributed by atoms with E-state index in [4.69, 9.17) is 5.11 Å². The normalized spacial score (nSPS) is 15.3. The number of sulfonamides is 1. The molecule has 1 fully saturated rings. The van der Waals surface area contributed by atoms with Crippen LogP contribution in [-0.4, -0.2) is 38.3 Å². The van der Waals surface area contributed by atoms with Crippen LogP contribution in [0.3, 0.4) is 0 Å². The van der Waals surface area contributed by atoms with Crippen molar-refractivity contribution in [2.24, 2.45) is 0 Å². The van der Waals surface area contributed by atoms with Crippen LogP contribution in [0.25, 0.3) is 0 Å². The maximum absolute atomic E-state index is 11.7. The van der Waals surface area contributed by atoms with E-state index < -0.39 is 28.2 Å². The van der Waals surface area contributed by atoms with Gasteiger partial charge in [0.25, 0.3) is 0 Å². The van der Waals surface area contributed by atoms with Gasteiger partial charge in [-0.25, -0.2) is 8.42 Å². The van der Waals surface area contributed by atoms with Gasteiger partial charge < -0.3 is 10.0 Å². The third kappa shape index (κ3) is 4.12. The molecular weight excluding hydrogens is 280 g/mol. The zero-order chi connectivity index (χ0) is 14.6. The molecule has 110 valence electrons. The number of carboxylic acids is 1. The standard InChI is InChI=1S/C13H18N2O4S/c16-13(17)7-10-20(18,19)14-11-3-5-12(6-4-11)15-8-1-2-9-15/h3-6,14H,1-2,7-10H2,(H,16,17). The molecule has 0 spiro atoms. The molecule has 0 unspecified atom stereocenters. The molecule has 7 heteroatoms. The fraction of sp³-hybridized carbons (Fsp3) is 0.462. The third-order valence-corrected chi connectivity index (χ3v) is 4.48. The highest BCUT2D eigenvalue weighted by Crippen LogP contribution is 2.22. The fourth-order valence-corrected chi connectivity index (χ4v) is 3.21. The Labute approximate surface area is 118 Å². The topological polar surface area (TPSA) is 86.7 Å². The Morgan fingerprint density at radius 3 is 2.35 bits per heavy atom. The van der Waals surface area contributed by atoms with Gasteiger partial charge in [-0.3, -0.25) is 9.52 Å². The number of nitrogens with zero attached hydrogens (tertiary/aromatic N) is 1. The van der Waals surface area contributed by atoms with Gasteiger partial charge in [0, 0.05) is 24.5 Å². The van der Waals surface area contributed by atoms with Crippen molar-refractivity contribution in [3.05, 3.63) is 24.3 Å². The first kappa shape index (κ1) is 14.6. The molecule has 1 heterocycles. The van der Waals surface area contributed by atoms with Crippen LogP contribution in [-0.2, 0) is 14.8 Å². The smallest absolute Gasteiger partial charge is 0.304 e. The summed E-state index contributed by atoms with van der Waals surface area (Å²) in [7, 11) is -3.61. The van der Waals surface area contributed by atoms with Crippen LogP contribution in [0.4, 0.5) is 11.4 Å². The molecule has 2 N–H and O–H groups in total. The van der Waals surface area contributed by atoms with E-state index in [-0.39, 0.29) is 0 Å². The molecule has 1 aromatic carbocycles. The quantitative estimate of drug-likeness (QED) is 0.831. The van der Waals surface area contributed by atoms with Crippen molar-refractivity contribution in [2.75, 3.05) is 28.5 Å². The predicted molar refractivity (Wildman–Crippen MR) is 77.6 cm³/mol. The number of rotatable bonds is 6. The van der Waals surface area contributed by atoms with Crippen molar-refractivity contribution in [1.82, 2.24) is 0 Å². The van der Waals surface area contributed by atoms with Gasteiger partial charge in [-0.2, -0.15) is 0 Å². The minimum atomic E-state index is -3.61. The third-order valence-electron chi connectivity index (χ3n) is 3.20. The van der Waals surface area contributed by atoms with E-state index >= 15 is 0 Å². The van der Waals surface area contributed by atoms with Gasteiger partial charge in [-0.05, 0) is 37.1 Å². The Morgan fingerprint density at radius 1 is 1.20 bits per heavy atom. The van der Waals surface area contributed by atoms with E-state index in [1.54, 1.807) is 12.1 Å². The summed E-state index contributed by atoms with van der Waals surface area (Å²) >= 11 is 0. The summed E-state index contributed by atoms with van der Waals surface area (Å²) in [6.45, 7) is 2.06. The summed E-state index contributed by atoms with van der Waals surface area (Å²) in [6, 6.07) is 7.15. The Bertz CT molecular complexity index is 563. The lowest BCUT2D eigenvalue weighted by Gasteiger charge is -2.17. The Kier molecular flexibility index (Phi) is 4.49. The fourth-order valence-electron chi connectivity index (χ4n) is 2.17. The highest BCUT2D eigenvalue weighted by atomic mass is 32.2. The first-order valence-electron chi connectivity index (χ1n) is 6.53. The summed E-state index contributed by atoms with van der Waals surface area (Å²) in [4.78, 5) is 12.6. The second kappa shape index (κ2) is 6.13. The monoisotopic (exact) mass is 298 g/mol. The number of hydrogen-bond donors (Lipinski definition) is 2. The molecule has 6 nitrogen and oxygen atoms in total. The van der Waals surface area contributed by atoms with Crippen LogP contribution in [0, 0.1) is 0 Å². The molecule has 1 aromatic rings. The Morgan fingerprint density at radius 2 is 1.80 bits per heavy atom. The van der Waals surface area contributed by atoms with Crippen molar-refractivity contribution in [3.8, 4) is 0 Å². The van der Waals surface area contributed by atoms with Gasteiger partial charge >= 0.3 is 5.97 Å². The summed E-state index contributed by atoms with van der Waals surface area (Å²) in [5, 5.41) is 8.50. The van der Waals surface area contributed by atoms with Crippen molar-refractivity contribution in [3.63, 3.8) is 0 Å². The molecule has 0 radical (unpaired) electrons. The van der Waals surface area contributed by atoms with Crippen LogP contribution in [0.1, 0.15) is 19.3 Å². The number of carboxylic acid groups (broad SMARTS) is 1. The lowest BCUT2D eigenvalue weighted by atomic mass is 10.2. The van der Waals surface area contributed by atoms with E-state index in [9.17, 15) is 13.2 Å². The largest absolute Gasteiger partial charge is 0.481 e. The molecule has 1 aliphatic rings. The summed E-state index contributed by atoms with van der Waals surface area (Å²) < 4.78 is 25.7. The average Bonchev–Trinajstić information content (AvgIpc) is 2.91. The molecular formula is C13H18N2O4S. The Hall–Kier alpha value is -1.76. The van der Waals surface area contributed by atoms with Crippen LogP contribution >= 0.6 is 0 Å². The highest BCUT2D eigenvalue weighted by molar-refractivity contribution is 7.92. The number of nitrogens with one attached hydrogen (secondary N) is 1. The molecule has 2 rings (SSSR count). The Balaban J connectivity index is 1.97. The average molecular weight is 298 g/mol. The van der Waals surface area contributed by atoms with Gasteiger partial charge in [-0.1, -0.05) is 0 Å². The predicted octanol–water partition coefficient (Wildman–Crippen LogP) is 1.50. The minimum Gasteiger partial charge on any atom is -0.481 e. The van der Waals surface area contributed by atoms with Crippen molar-refractivity contribution < 1.29 is 18.3 Å². The molecule has 0 saturated carbocycles. The molecule has 20 heavy (non-hydrogen) atoms. The molecule has 1 saturated heterocycles. The SMILES string of the molecule is O=C(O)CCS(=O)(=O)Nc1ccc(N2CCCC2)cc1. The first-order valence-corrected chi connectivity index (χ1v) is 8.19. The van der Waals surface area contributed by atoms with Gasteiger partial charge in [-0.15, -0.1) is 0 Å². The van der Waals surface area contributed by atoms with E-state index in [1.807, 2.05) is 12.1 Å². The highest BCUT2D eigenvalue weighted by Gasteiger charge is 2.14. The number of benzene rings is 1. The number of carbonyl (C=O) groups is 1. The summed E-state index contributed by atoms with van der Waals surface area (Å²) in [6.07, 6.45) is 1.97. The van der Waals surface area contributed by atoms with Crippen LogP contribution in [0.15, 0.2) is 24.3 Å². The van der Waals surface area contributed by atoms with Crippen molar-refractivity contribution in [1.29, 1.82) is 0 Å². The zero-order valence-electron chi connectivity index (χ0n) is 11.1. The molecule has 1 aliphatic heterocycles. The first-order chi connectivity index (χ1) is 9.46. The lowest BCUT2D eigenvalue weighted by molar-refractivity contribution is -0.136. The van der Waals surface area contributed by atoms with Crippen molar-refractivity contribution in [2.45, 2.75) is 19.3 Å². The van der Waals surface area contributed by atoms with E-state index in [1.165, 1.54) is 12.8 Å².